The Morgan fingerprint density at radius 3 is 2.95 bits per heavy atom. The predicted molar refractivity (Wildman–Crippen MR) is 86.6 cm³/mol. The summed E-state index contributed by atoms with van der Waals surface area (Å²) in [5, 5.41) is 10.8. The van der Waals surface area contributed by atoms with Crippen LogP contribution in [0.3, 0.4) is 0 Å². The number of nitrogens with zero attached hydrogens (tertiary/aromatic N) is 3. The van der Waals surface area contributed by atoms with Crippen molar-refractivity contribution >= 4 is 16.7 Å². The molecule has 1 unspecified atom stereocenters. The van der Waals surface area contributed by atoms with Gasteiger partial charge >= 0.3 is 0 Å². The predicted octanol–water partition coefficient (Wildman–Crippen LogP) is 2.26. The summed E-state index contributed by atoms with van der Waals surface area (Å²) in [5.74, 6) is 0.913. The lowest BCUT2D eigenvalue weighted by Gasteiger charge is -2.37. The van der Waals surface area contributed by atoms with Gasteiger partial charge in [-0.15, -0.1) is 0 Å². The minimum atomic E-state index is 0.0278. The van der Waals surface area contributed by atoms with Gasteiger partial charge in [0, 0.05) is 30.6 Å². The van der Waals surface area contributed by atoms with Crippen LogP contribution in [0.4, 0.5) is 5.82 Å². The Morgan fingerprint density at radius 1 is 1.38 bits per heavy atom. The maximum absolute atomic E-state index is 9.70. The average Bonchev–Trinajstić information content (AvgIpc) is 2.53. The number of anilines is 1. The summed E-state index contributed by atoms with van der Waals surface area (Å²) < 4.78 is 0. The largest absolute Gasteiger partial charge is 0.392 e. The number of aliphatic hydroxyl groups is 1. The van der Waals surface area contributed by atoms with E-state index in [0.29, 0.717) is 6.04 Å². The molecule has 0 radical (unpaired) electrons. The number of hydrogen-bond donors (Lipinski definition) is 1. The number of piperidine rings is 1. The van der Waals surface area contributed by atoms with Gasteiger partial charge in [-0.1, -0.05) is 18.2 Å². The Kier molecular flexibility index (Phi) is 4.08. The van der Waals surface area contributed by atoms with Crippen LogP contribution in [0.25, 0.3) is 10.9 Å². The van der Waals surface area contributed by atoms with Gasteiger partial charge < -0.3 is 14.9 Å². The van der Waals surface area contributed by atoms with Gasteiger partial charge in [0.15, 0.2) is 0 Å². The van der Waals surface area contributed by atoms with E-state index in [0.717, 1.165) is 28.8 Å². The maximum atomic E-state index is 9.70. The van der Waals surface area contributed by atoms with Crippen molar-refractivity contribution in [3.63, 3.8) is 0 Å². The van der Waals surface area contributed by atoms with E-state index in [2.05, 4.69) is 30.0 Å². The van der Waals surface area contributed by atoms with E-state index >= 15 is 0 Å². The second kappa shape index (κ2) is 6.00. The van der Waals surface area contributed by atoms with Crippen LogP contribution in [-0.2, 0) is 6.61 Å². The molecule has 1 aromatic carbocycles. The second-order valence-corrected chi connectivity index (χ2v) is 5.99. The first-order chi connectivity index (χ1) is 10.2. The van der Waals surface area contributed by atoms with Gasteiger partial charge in [0.25, 0.3) is 0 Å². The molecule has 0 aliphatic carbocycles. The Bertz CT molecular complexity index is 628. The van der Waals surface area contributed by atoms with Gasteiger partial charge in [0.2, 0.25) is 0 Å². The first-order valence-corrected chi connectivity index (χ1v) is 7.60. The van der Waals surface area contributed by atoms with Crippen molar-refractivity contribution in [2.75, 3.05) is 32.1 Å². The van der Waals surface area contributed by atoms with Gasteiger partial charge in [-0.3, -0.25) is 0 Å². The molecule has 0 spiro atoms. The van der Waals surface area contributed by atoms with Crippen LogP contribution in [0.5, 0.6) is 0 Å². The number of aromatic nitrogens is 1. The Balaban J connectivity index is 1.97. The molecule has 0 bridgehead atoms. The van der Waals surface area contributed by atoms with Crippen molar-refractivity contribution in [3.8, 4) is 0 Å². The van der Waals surface area contributed by atoms with Crippen molar-refractivity contribution in [2.24, 2.45) is 0 Å². The Morgan fingerprint density at radius 2 is 2.19 bits per heavy atom. The number of likely N-dealkylation sites (N-methyl/N-ethyl adjacent to an activating group) is 2. The number of hydrogen-bond acceptors (Lipinski definition) is 4. The molecule has 1 N–H and O–H groups in total. The molecule has 1 saturated heterocycles. The highest BCUT2D eigenvalue weighted by atomic mass is 16.3. The zero-order valence-electron chi connectivity index (χ0n) is 12.8. The first kappa shape index (κ1) is 14.3. The Labute approximate surface area is 126 Å². The molecule has 21 heavy (non-hydrogen) atoms. The summed E-state index contributed by atoms with van der Waals surface area (Å²) in [6, 6.07) is 10.6. The highest BCUT2D eigenvalue weighted by Gasteiger charge is 2.23. The van der Waals surface area contributed by atoms with Crippen molar-refractivity contribution in [1.82, 2.24) is 9.88 Å². The molecule has 1 fully saturated rings. The zero-order valence-corrected chi connectivity index (χ0v) is 12.8. The summed E-state index contributed by atoms with van der Waals surface area (Å²) in [7, 11) is 4.26. The number of para-hydroxylation sites is 1. The fourth-order valence-corrected chi connectivity index (χ4v) is 3.20. The summed E-state index contributed by atoms with van der Waals surface area (Å²) in [5.41, 5.74) is 1.89. The summed E-state index contributed by atoms with van der Waals surface area (Å²) in [4.78, 5) is 9.40. The lowest BCUT2D eigenvalue weighted by molar-refractivity contribution is 0.246. The molecule has 1 aromatic heterocycles. The van der Waals surface area contributed by atoms with Crippen LogP contribution >= 0.6 is 0 Å². The van der Waals surface area contributed by atoms with E-state index in [9.17, 15) is 5.11 Å². The number of pyridine rings is 1. The summed E-state index contributed by atoms with van der Waals surface area (Å²) >= 11 is 0. The van der Waals surface area contributed by atoms with E-state index < -0.39 is 0 Å². The third-order valence-electron chi connectivity index (χ3n) is 4.43. The molecule has 2 aromatic rings. The topological polar surface area (TPSA) is 39.6 Å². The number of fused-ring (bicyclic) bond motifs is 1. The summed E-state index contributed by atoms with van der Waals surface area (Å²) in [6.45, 7) is 2.25. The van der Waals surface area contributed by atoms with E-state index in [1.165, 1.54) is 19.4 Å². The van der Waals surface area contributed by atoms with Crippen LogP contribution in [-0.4, -0.2) is 48.2 Å². The Hall–Kier alpha value is -1.65. The molecular weight excluding hydrogens is 262 g/mol. The average molecular weight is 285 g/mol. The van der Waals surface area contributed by atoms with E-state index in [4.69, 9.17) is 4.98 Å². The van der Waals surface area contributed by atoms with Crippen LogP contribution in [0, 0.1) is 0 Å². The van der Waals surface area contributed by atoms with Crippen molar-refractivity contribution in [2.45, 2.75) is 25.5 Å². The number of rotatable bonds is 3. The number of aliphatic hydroxyl groups excluding tert-OH is 1. The molecule has 2 heterocycles. The molecule has 1 atom stereocenters. The first-order valence-electron chi connectivity index (χ1n) is 7.60. The molecule has 0 saturated carbocycles. The lowest BCUT2D eigenvalue weighted by atomic mass is 10.0. The van der Waals surface area contributed by atoms with Gasteiger partial charge in [-0.25, -0.2) is 4.98 Å². The lowest BCUT2D eigenvalue weighted by Crippen LogP contribution is -2.45. The van der Waals surface area contributed by atoms with Gasteiger partial charge in [0.1, 0.15) is 5.82 Å². The molecule has 112 valence electrons. The molecule has 1 aliphatic heterocycles. The smallest absolute Gasteiger partial charge is 0.134 e. The fourth-order valence-electron chi connectivity index (χ4n) is 3.20. The molecule has 4 nitrogen and oxygen atoms in total. The van der Waals surface area contributed by atoms with E-state index in [-0.39, 0.29) is 6.61 Å². The van der Waals surface area contributed by atoms with Crippen molar-refractivity contribution in [1.29, 1.82) is 0 Å². The van der Waals surface area contributed by atoms with Crippen molar-refractivity contribution < 1.29 is 5.11 Å². The monoisotopic (exact) mass is 285 g/mol. The standard InChI is InChI=1S/C17H23N3O/c1-19-9-5-7-15(11-19)20(2)17-14(12-21)10-13-6-3-4-8-16(13)18-17/h3-4,6,8,10,15,21H,5,7,9,11-12H2,1-2H3. The van der Waals surface area contributed by atoms with Crippen LogP contribution in [0.15, 0.2) is 30.3 Å². The SMILES string of the molecule is CN1CCCC(N(C)c2nc3ccccc3cc2CO)C1. The molecule has 1 aliphatic rings. The second-order valence-electron chi connectivity index (χ2n) is 5.99. The molecule has 0 amide bonds. The fraction of sp³-hybridized carbons (Fsp3) is 0.471. The van der Waals surface area contributed by atoms with Crippen LogP contribution in [0.1, 0.15) is 18.4 Å². The molecule has 4 heteroatoms. The number of likely N-dealkylation sites (tertiary alicyclic amines) is 1. The van der Waals surface area contributed by atoms with E-state index in [1.807, 2.05) is 24.3 Å². The van der Waals surface area contributed by atoms with Crippen LogP contribution < -0.4 is 4.90 Å². The third-order valence-corrected chi connectivity index (χ3v) is 4.43. The summed E-state index contributed by atoms with van der Waals surface area (Å²) in [6.07, 6.45) is 2.40. The van der Waals surface area contributed by atoms with Gasteiger partial charge in [0.05, 0.1) is 12.1 Å². The van der Waals surface area contributed by atoms with Crippen molar-refractivity contribution in [3.05, 3.63) is 35.9 Å². The molecular formula is C17H23N3O. The number of benzene rings is 1. The van der Waals surface area contributed by atoms with Gasteiger partial charge in [-0.2, -0.15) is 0 Å². The highest BCUT2D eigenvalue weighted by molar-refractivity contribution is 5.81. The van der Waals surface area contributed by atoms with Gasteiger partial charge in [-0.05, 0) is 38.6 Å². The maximum Gasteiger partial charge on any atom is 0.134 e. The zero-order chi connectivity index (χ0) is 14.8. The quantitative estimate of drug-likeness (QED) is 0.939. The minimum absolute atomic E-state index is 0.0278. The highest BCUT2D eigenvalue weighted by Crippen LogP contribution is 2.26. The van der Waals surface area contributed by atoms with Crippen LogP contribution in [0.2, 0.25) is 0 Å². The minimum Gasteiger partial charge on any atom is -0.392 e. The van der Waals surface area contributed by atoms with E-state index in [1.54, 1.807) is 0 Å². The molecule has 3 rings (SSSR count). The normalized spacial score (nSPS) is 19.9. The third kappa shape index (κ3) is 2.87.